The van der Waals surface area contributed by atoms with Gasteiger partial charge in [-0.2, -0.15) is 0 Å². The van der Waals surface area contributed by atoms with Crippen LogP contribution in [0.5, 0.6) is 0 Å². The zero-order valence-electron chi connectivity index (χ0n) is 11.8. The maximum Gasteiger partial charge on any atom is 0.356 e. The monoisotopic (exact) mass is 274 g/mol. The highest BCUT2D eigenvalue weighted by molar-refractivity contribution is 5.99. The molecule has 0 radical (unpaired) electrons. The van der Waals surface area contributed by atoms with E-state index < -0.39 is 11.9 Å². The van der Waals surface area contributed by atoms with Crippen molar-refractivity contribution in [3.05, 3.63) is 53.9 Å². The van der Waals surface area contributed by atoms with E-state index in [1.807, 2.05) is 30.3 Å². The average Bonchev–Trinajstić information content (AvgIpc) is 2.44. The van der Waals surface area contributed by atoms with Gasteiger partial charge >= 0.3 is 5.97 Å². The van der Waals surface area contributed by atoms with Crippen LogP contribution in [0, 0.1) is 0 Å². The molecule has 0 spiro atoms. The molecule has 0 fully saturated rings. The lowest BCUT2D eigenvalue weighted by Gasteiger charge is -2.10. The lowest BCUT2D eigenvalue weighted by atomic mass is 10.2. The molecule has 0 aliphatic carbocycles. The van der Waals surface area contributed by atoms with Crippen LogP contribution in [0.1, 0.15) is 5.56 Å². The molecule has 1 N–H and O–H groups in total. The number of hydrogen-bond donors (Lipinski definition) is 1. The van der Waals surface area contributed by atoms with Gasteiger partial charge in [0.2, 0.25) is 5.91 Å². The Balaban J connectivity index is 2.72. The molecule has 1 rings (SSSR count). The Kier molecular flexibility index (Phi) is 6.03. The van der Waals surface area contributed by atoms with Crippen molar-refractivity contribution in [1.29, 1.82) is 0 Å². The number of benzene rings is 1. The number of nitrogens with one attached hydrogen (secondary N) is 1. The fraction of sp³-hybridized carbons (Fsp3) is 0.200. The van der Waals surface area contributed by atoms with Gasteiger partial charge in [0.15, 0.2) is 0 Å². The van der Waals surface area contributed by atoms with Gasteiger partial charge in [0.1, 0.15) is 5.70 Å². The molecule has 1 aromatic carbocycles. The smallest absolute Gasteiger partial charge is 0.356 e. The summed E-state index contributed by atoms with van der Waals surface area (Å²) in [7, 11) is 4.75. The highest BCUT2D eigenvalue weighted by Crippen LogP contribution is 2.01. The van der Waals surface area contributed by atoms with E-state index in [0.717, 1.165) is 5.56 Å². The van der Waals surface area contributed by atoms with Crippen LogP contribution < -0.4 is 5.32 Å². The summed E-state index contributed by atoms with van der Waals surface area (Å²) in [5, 5.41) is 2.49. The predicted molar refractivity (Wildman–Crippen MR) is 77.4 cm³/mol. The number of rotatable bonds is 5. The summed E-state index contributed by atoms with van der Waals surface area (Å²) in [6, 6.07) is 9.40. The molecule has 0 heterocycles. The second-order valence-electron chi connectivity index (χ2n) is 4.23. The predicted octanol–water partition coefficient (Wildman–Crippen LogP) is 1.39. The molecule has 0 aliphatic heterocycles. The Labute approximate surface area is 118 Å². The maximum absolute atomic E-state index is 11.8. The topological polar surface area (TPSA) is 58.6 Å². The molecule has 20 heavy (non-hydrogen) atoms. The maximum atomic E-state index is 11.8. The number of carbonyl (C=O) groups is 2. The second kappa shape index (κ2) is 7.78. The van der Waals surface area contributed by atoms with Gasteiger partial charge in [-0.05, 0) is 11.6 Å². The summed E-state index contributed by atoms with van der Waals surface area (Å²) in [6.45, 7) is 0. The zero-order chi connectivity index (χ0) is 15.0. The highest BCUT2D eigenvalue weighted by atomic mass is 16.5. The van der Waals surface area contributed by atoms with Crippen molar-refractivity contribution in [2.75, 3.05) is 21.2 Å². The van der Waals surface area contributed by atoms with Crippen LogP contribution >= 0.6 is 0 Å². The normalized spacial score (nSPS) is 11.2. The van der Waals surface area contributed by atoms with Crippen LogP contribution in [0.2, 0.25) is 0 Å². The first kappa shape index (κ1) is 15.5. The number of carbonyl (C=O) groups excluding carboxylic acids is 2. The van der Waals surface area contributed by atoms with Gasteiger partial charge in [0.25, 0.3) is 0 Å². The van der Waals surface area contributed by atoms with Crippen molar-refractivity contribution < 1.29 is 14.3 Å². The Hall–Kier alpha value is -2.56. The van der Waals surface area contributed by atoms with Gasteiger partial charge in [-0.3, -0.25) is 4.79 Å². The summed E-state index contributed by atoms with van der Waals surface area (Å²) >= 11 is 0. The average molecular weight is 274 g/mol. The van der Waals surface area contributed by atoms with E-state index in [0.29, 0.717) is 0 Å². The molecule has 5 heteroatoms. The van der Waals surface area contributed by atoms with Crippen LogP contribution in [0.15, 0.2) is 48.3 Å². The van der Waals surface area contributed by atoms with Crippen molar-refractivity contribution in [2.24, 2.45) is 0 Å². The molecule has 1 amide bonds. The standard InChI is InChI=1S/C15H18N2O3/c1-17(2)11-13(15(19)20-3)16-14(18)10-9-12-7-5-4-6-8-12/h4-11H,1-3H3,(H,16,18)/b10-9+,13-11-. The van der Waals surface area contributed by atoms with Gasteiger partial charge in [0, 0.05) is 26.4 Å². The van der Waals surface area contributed by atoms with Crippen molar-refractivity contribution >= 4 is 18.0 Å². The van der Waals surface area contributed by atoms with Gasteiger partial charge in [0.05, 0.1) is 7.11 Å². The molecule has 0 aliphatic rings. The lowest BCUT2D eigenvalue weighted by molar-refractivity contribution is -0.137. The minimum absolute atomic E-state index is 0.0835. The Morgan fingerprint density at radius 3 is 2.40 bits per heavy atom. The number of ether oxygens (including phenoxy) is 1. The summed E-state index contributed by atoms with van der Waals surface area (Å²) < 4.78 is 4.60. The first-order chi connectivity index (χ1) is 9.52. The molecule has 0 unspecified atom stereocenters. The summed E-state index contributed by atoms with van der Waals surface area (Å²) in [5.74, 6) is -0.993. The van der Waals surface area contributed by atoms with Crippen LogP contribution in [-0.2, 0) is 14.3 Å². The number of nitrogens with zero attached hydrogens (tertiary/aromatic N) is 1. The SMILES string of the molecule is COC(=O)/C(=C/N(C)C)NC(=O)/C=C/c1ccccc1. The van der Waals surface area contributed by atoms with E-state index >= 15 is 0 Å². The van der Waals surface area contributed by atoms with E-state index in [-0.39, 0.29) is 5.70 Å². The van der Waals surface area contributed by atoms with E-state index in [2.05, 4.69) is 10.1 Å². The number of esters is 1. The fourth-order valence-electron chi connectivity index (χ4n) is 1.41. The van der Waals surface area contributed by atoms with Crippen molar-refractivity contribution in [1.82, 2.24) is 10.2 Å². The third-order valence-corrected chi connectivity index (χ3v) is 2.28. The zero-order valence-corrected chi connectivity index (χ0v) is 11.8. The molecule has 5 nitrogen and oxygen atoms in total. The number of hydrogen-bond acceptors (Lipinski definition) is 4. The van der Waals surface area contributed by atoms with E-state index in [4.69, 9.17) is 0 Å². The van der Waals surface area contributed by atoms with E-state index in [1.54, 1.807) is 25.1 Å². The van der Waals surface area contributed by atoms with Crippen LogP contribution in [-0.4, -0.2) is 38.0 Å². The van der Waals surface area contributed by atoms with Crippen molar-refractivity contribution in [3.63, 3.8) is 0 Å². The number of amides is 1. The summed E-state index contributed by atoms with van der Waals surface area (Å²) in [6.07, 6.45) is 4.52. The van der Waals surface area contributed by atoms with Gasteiger partial charge in [-0.15, -0.1) is 0 Å². The molecule has 0 bridgehead atoms. The molecule has 0 saturated heterocycles. The largest absolute Gasteiger partial charge is 0.464 e. The molecular formula is C15H18N2O3. The minimum Gasteiger partial charge on any atom is -0.464 e. The Morgan fingerprint density at radius 1 is 1.20 bits per heavy atom. The van der Waals surface area contributed by atoms with Crippen molar-refractivity contribution in [2.45, 2.75) is 0 Å². The summed E-state index contributed by atoms with van der Waals surface area (Å²) in [5.41, 5.74) is 0.985. The Bertz CT molecular complexity index is 519. The van der Waals surface area contributed by atoms with Gasteiger partial charge in [-0.25, -0.2) is 4.79 Å². The first-order valence-electron chi connectivity index (χ1n) is 6.03. The molecule has 106 valence electrons. The second-order valence-corrected chi connectivity index (χ2v) is 4.23. The van der Waals surface area contributed by atoms with Crippen LogP contribution in [0.4, 0.5) is 0 Å². The quantitative estimate of drug-likeness (QED) is 0.651. The van der Waals surface area contributed by atoms with E-state index in [9.17, 15) is 9.59 Å². The van der Waals surface area contributed by atoms with Gasteiger partial charge < -0.3 is 15.0 Å². The highest BCUT2D eigenvalue weighted by Gasteiger charge is 2.12. The first-order valence-corrected chi connectivity index (χ1v) is 6.03. The van der Waals surface area contributed by atoms with Crippen LogP contribution in [0.3, 0.4) is 0 Å². The molecular weight excluding hydrogens is 256 g/mol. The minimum atomic E-state index is -0.597. The molecule has 0 saturated carbocycles. The molecule has 1 aromatic rings. The van der Waals surface area contributed by atoms with Crippen molar-refractivity contribution in [3.8, 4) is 0 Å². The third-order valence-electron chi connectivity index (χ3n) is 2.28. The molecule has 0 atom stereocenters. The number of methoxy groups -OCH3 is 1. The van der Waals surface area contributed by atoms with Crippen LogP contribution in [0.25, 0.3) is 6.08 Å². The molecule has 0 aromatic heterocycles. The van der Waals surface area contributed by atoms with Gasteiger partial charge in [-0.1, -0.05) is 30.3 Å². The third kappa shape index (κ3) is 5.39. The Morgan fingerprint density at radius 2 is 1.85 bits per heavy atom. The summed E-state index contributed by atoms with van der Waals surface area (Å²) in [4.78, 5) is 24.9. The fourth-order valence-corrected chi connectivity index (χ4v) is 1.41. The lowest BCUT2D eigenvalue weighted by Crippen LogP contribution is -2.28. The van der Waals surface area contributed by atoms with E-state index in [1.165, 1.54) is 19.4 Å².